The van der Waals surface area contributed by atoms with Crippen LogP contribution < -0.4 is 5.32 Å². The zero-order valence-electron chi connectivity index (χ0n) is 10.4. The predicted octanol–water partition coefficient (Wildman–Crippen LogP) is 1.88. The summed E-state index contributed by atoms with van der Waals surface area (Å²) in [5.74, 6) is 1.03. The van der Waals surface area contributed by atoms with Crippen molar-refractivity contribution in [1.29, 1.82) is 0 Å². The smallest absolute Gasteiger partial charge is 0.332 e. The van der Waals surface area contributed by atoms with E-state index in [9.17, 15) is 18.0 Å². The van der Waals surface area contributed by atoms with Gasteiger partial charge in [-0.25, -0.2) is 0 Å². The van der Waals surface area contributed by atoms with Gasteiger partial charge in [0, 0.05) is 24.6 Å². The first-order valence-electron chi connectivity index (χ1n) is 6.10. The lowest BCUT2D eigenvalue weighted by molar-refractivity contribution is -0.162. The largest absolute Gasteiger partial charge is 0.406 e. The maximum atomic E-state index is 12.4. The minimum absolute atomic E-state index is 0.178. The molecule has 3 nitrogen and oxygen atoms in total. The molecule has 0 aromatic carbocycles. The Kier molecular flexibility index (Phi) is 6.28. The molecule has 0 aromatic rings. The van der Waals surface area contributed by atoms with E-state index in [0.717, 1.165) is 17.1 Å². The highest BCUT2D eigenvalue weighted by Gasteiger charge is 2.35. The Bertz CT molecular complexity index is 268. The third-order valence-electron chi connectivity index (χ3n) is 2.68. The summed E-state index contributed by atoms with van der Waals surface area (Å²) in [7, 11) is 0. The highest BCUT2D eigenvalue weighted by Crippen LogP contribution is 2.19. The zero-order chi connectivity index (χ0) is 13.6. The van der Waals surface area contributed by atoms with Gasteiger partial charge in [-0.05, 0) is 6.42 Å². The fourth-order valence-electron chi connectivity index (χ4n) is 1.78. The number of alkyl halides is 3. The van der Waals surface area contributed by atoms with E-state index >= 15 is 0 Å². The average Bonchev–Trinajstić information content (AvgIpc) is 2.33. The summed E-state index contributed by atoms with van der Waals surface area (Å²) in [6, 6.07) is -0.469. The van der Waals surface area contributed by atoms with E-state index in [0.29, 0.717) is 18.7 Å². The molecular formula is C11H19F3N2OS. The quantitative estimate of drug-likeness (QED) is 0.836. The van der Waals surface area contributed by atoms with Crippen LogP contribution in [0, 0.1) is 0 Å². The van der Waals surface area contributed by atoms with Gasteiger partial charge in [-0.3, -0.25) is 4.79 Å². The highest BCUT2D eigenvalue weighted by molar-refractivity contribution is 7.99. The van der Waals surface area contributed by atoms with Crippen molar-refractivity contribution >= 4 is 17.7 Å². The van der Waals surface area contributed by atoms with Crippen LogP contribution in [0.2, 0.25) is 0 Å². The number of halogens is 3. The number of unbranched alkanes of at least 4 members (excludes halogenated alkanes) is 1. The van der Waals surface area contributed by atoms with Gasteiger partial charge in [-0.15, -0.1) is 0 Å². The van der Waals surface area contributed by atoms with E-state index in [-0.39, 0.29) is 6.54 Å². The molecule has 106 valence electrons. The second kappa shape index (κ2) is 7.23. The maximum Gasteiger partial charge on any atom is 0.406 e. The van der Waals surface area contributed by atoms with E-state index in [4.69, 9.17) is 0 Å². The molecule has 1 fully saturated rings. The number of thioether (sulfide) groups is 1. The van der Waals surface area contributed by atoms with Crippen molar-refractivity contribution in [1.82, 2.24) is 10.2 Å². The predicted molar refractivity (Wildman–Crippen MR) is 66.7 cm³/mol. The van der Waals surface area contributed by atoms with Gasteiger partial charge in [0.25, 0.3) is 0 Å². The first-order chi connectivity index (χ1) is 8.44. The Hall–Kier alpha value is -0.430. The standard InChI is InChI=1S/C11H19F3N2OS/c1-2-3-5-16(8-11(12,13)14)10(17)9-7-18-6-4-15-9/h9,15H,2-8H2,1H3. The fraction of sp³-hybridized carbons (Fsp3) is 0.909. The summed E-state index contributed by atoms with van der Waals surface area (Å²) in [4.78, 5) is 13.0. The molecule has 1 aliphatic heterocycles. The van der Waals surface area contributed by atoms with Crippen molar-refractivity contribution in [2.75, 3.05) is 31.1 Å². The molecule has 0 saturated carbocycles. The van der Waals surface area contributed by atoms with Crippen molar-refractivity contribution < 1.29 is 18.0 Å². The molecule has 1 atom stereocenters. The van der Waals surface area contributed by atoms with Crippen LogP contribution in [0.3, 0.4) is 0 Å². The van der Waals surface area contributed by atoms with Gasteiger partial charge in [0.05, 0.1) is 6.04 Å². The highest BCUT2D eigenvalue weighted by atomic mass is 32.2. The fourth-order valence-corrected chi connectivity index (χ4v) is 2.70. The number of rotatable bonds is 5. The molecule has 7 heteroatoms. The van der Waals surface area contributed by atoms with Crippen molar-refractivity contribution in [3.8, 4) is 0 Å². The molecule has 0 aliphatic carbocycles. The summed E-state index contributed by atoms with van der Waals surface area (Å²) in [5, 5.41) is 2.98. The van der Waals surface area contributed by atoms with Crippen molar-refractivity contribution in [3.05, 3.63) is 0 Å². The monoisotopic (exact) mass is 284 g/mol. The molecule has 1 saturated heterocycles. The first kappa shape index (κ1) is 15.6. The average molecular weight is 284 g/mol. The van der Waals surface area contributed by atoms with Crippen LogP contribution in [0.15, 0.2) is 0 Å². The molecule has 0 bridgehead atoms. The van der Waals surface area contributed by atoms with Crippen LogP contribution in [0.4, 0.5) is 13.2 Å². The van der Waals surface area contributed by atoms with E-state index in [2.05, 4.69) is 5.32 Å². The van der Waals surface area contributed by atoms with Crippen LogP contribution in [-0.2, 0) is 4.79 Å². The Morgan fingerprint density at radius 3 is 2.72 bits per heavy atom. The number of amides is 1. The molecule has 1 aliphatic rings. The second-order valence-corrected chi connectivity index (χ2v) is 5.46. The first-order valence-corrected chi connectivity index (χ1v) is 7.26. The van der Waals surface area contributed by atoms with Gasteiger partial charge >= 0.3 is 6.18 Å². The van der Waals surface area contributed by atoms with E-state index in [1.807, 2.05) is 6.92 Å². The van der Waals surface area contributed by atoms with Crippen molar-refractivity contribution in [3.63, 3.8) is 0 Å². The van der Waals surface area contributed by atoms with E-state index in [1.165, 1.54) is 0 Å². The molecule has 0 radical (unpaired) electrons. The van der Waals surface area contributed by atoms with Crippen molar-refractivity contribution in [2.24, 2.45) is 0 Å². The lowest BCUT2D eigenvalue weighted by atomic mass is 10.2. The Balaban J connectivity index is 2.59. The van der Waals surface area contributed by atoms with Crippen LogP contribution in [0.1, 0.15) is 19.8 Å². The van der Waals surface area contributed by atoms with Crippen LogP contribution >= 0.6 is 11.8 Å². The second-order valence-electron chi connectivity index (χ2n) is 4.31. The molecule has 1 unspecified atom stereocenters. The molecular weight excluding hydrogens is 265 g/mol. The molecule has 1 amide bonds. The molecule has 1 heterocycles. The topological polar surface area (TPSA) is 32.3 Å². The van der Waals surface area contributed by atoms with Gasteiger partial charge < -0.3 is 10.2 Å². The Morgan fingerprint density at radius 2 is 2.22 bits per heavy atom. The lowest BCUT2D eigenvalue weighted by Crippen LogP contribution is -2.52. The Morgan fingerprint density at radius 1 is 1.50 bits per heavy atom. The van der Waals surface area contributed by atoms with Gasteiger partial charge in [0.2, 0.25) is 5.91 Å². The van der Waals surface area contributed by atoms with E-state index < -0.39 is 24.7 Å². The molecule has 1 N–H and O–H groups in total. The van der Waals surface area contributed by atoms with Gasteiger partial charge in [0.15, 0.2) is 0 Å². The number of carbonyl (C=O) groups is 1. The molecule has 18 heavy (non-hydrogen) atoms. The summed E-state index contributed by atoms with van der Waals surface area (Å²) >= 11 is 1.60. The van der Waals surface area contributed by atoms with Crippen LogP contribution in [0.25, 0.3) is 0 Å². The minimum Gasteiger partial charge on any atom is -0.332 e. The summed E-state index contributed by atoms with van der Waals surface area (Å²) in [5.41, 5.74) is 0. The maximum absolute atomic E-state index is 12.4. The Labute approximate surface area is 109 Å². The molecule has 0 spiro atoms. The third-order valence-corrected chi connectivity index (χ3v) is 3.74. The molecule has 0 aromatic heterocycles. The number of hydrogen-bond acceptors (Lipinski definition) is 3. The van der Waals surface area contributed by atoms with Gasteiger partial charge in [-0.1, -0.05) is 13.3 Å². The summed E-state index contributed by atoms with van der Waals surface area (Å²) < 4.78 is 37.3. The summed E-state index contributed by atoms with van der Waals surface area (Å²) in [6.07, 6.45) is -2.96. The van der Waals surface area contributed by atoms with Gasteiger partial charge in [-0.2, -0.15) is 24.9 Å². The lowest BCUT2D eigenvalue weighted by Gasteiger charge is -2.30. The zero-order valence-corrected chi connectivity index (χ0v) is 11.2. The normalized spacial score (nSPS) is 20.8. The van der Waals surface area contributed by atoms with E-state index in [1.54, 1.807) is 11.8 Å². The SMILES string of the molecule is CCCCN(CC(F)(F)F)C(=O)C1CSCCN1. The molecule has 1 rings (SSSR count). The number of nitrogens with zero attached hydrogens (tertiary/aromatic N) is 1. The number of hydrogen-bond donors (Lipinski definition) is 1. The minimum atomic E-state index is -4.33. The van der Waals surface area contributed by atoms with Gasteiger partial charge in [0.1, 0.15) is 6.54 Å². The number of nitrogens with one attached hydrogen (secondary N) is 1. The number of carbonyl (C=O) groups excluding carboxylic acids is 1. The van der Waals surface area contributed by atoms with Crippen molar-refractivity contribution in [2.45, 2.75) is 32.0 Å². The third kappa shape index (κ3) is 5.48. The summed E-state index contributed by atoms with van der Waals surface area (Å²) in [6.45, 7) is 1.60. The van der Waals surface area contributed by atoms with Crippen LogP contribution in [-0.4, -0.2) is 54.2 Å². The van der Waals surface area contributed by atoms with Crippen LogP contribution in [0.5, 0.6) is 0 Å².